The molecule has 0 aliphatic carbocycles. The zero-order valence-corrected chi connectivity index (χ0v) is 11.7. The number of ether oxygens (including phenoxy) is 1. The van der Waals surface area contributed by atoms with Crippen LogP contribution in [0.5, 0.6) is 11.6 Å². The molecule has 100 valence electrons. The third-order valence-corrected chi connectivity index (χ3v) is 3.35. The first kappa shape index (κ1) is 12.8. The van der Waals surface area contributed by atoms with E-state index in [2.05, 4.69) is 10.3 Å². The Morgan fingerprint density at radius 3 is 2.55 bits per heavy atom. The number of pyridine rings is 1. The Hall–Kier alpha value is -2.26. The number of hydrogen-bond acceptors (Lipinski definition) is 3. The van der Waals surface area contributed by atoms with Gasteiger partial charge in [-0.1, -0.05) is 41.9 Å². The Kier molecular flexibility index (Phi) is 3.44. The van der Waals surface area contributed by atoms with E-state index in [9.17, 15) is 0 Å². The average molecular weight is 285 g/mol. The third kappa shape index (κ3) is 2.40. The topological polar surface area (TPSA) is 34.1 Å². The fraction of sp³-hybridized carbons (Fsp3) is 0.0625. The summed E-state index contributed by atoms with van der Waals surface area (Å²) in [7, 11) is 1.82. The first-order chi connectivity index (χ1) is 9.78. The van der Waals surface area contributed by atoms with Crippen molar-refractivity contribution < 1.29 is 4.74 Å². The molecular weight excluding hydrogens is 272 g/mol. The van der Waals surface area contributed by atoms with Crippen LogP contribution in [0.15, 0.2) is 54.6 Å². The van der Waals surface area contributed by atoms with Gasteiger partial charge in [0.15, 0.2) is 0 Å². The van der Waals surface area contributed by atoms with E-state index in [1.807, 2.05) is 61.6 Å². The number of anilines is 1. The van der Waals surface area contributed by atoms with Crippen molar-refractivity contribution in [2.75, 3.05) is 12.4 Å². The summed E-state index contributed by atoms with van der Waals surface area (Å²) >= 11 is 6.20. The maximum absolute atomic E-state index is 6.20. The van der Waals surface area contributed by atoms with Crippen LogP contribution in [-0.2, 0) is 0 Å². The van der Waals surface area contributed by atoms with Crippen molar-refractivity contribution in [3.8, 4) is 11.6 Å². The van der Waals surface area contributed by atoms with Crippen molar-refractivity contribution in [2.24, 2.45) is 0 Å². The number of hydrogen-bond donors (Lipinski definition) is 1. The number of fused-ring (bicyclic) bond motifs is 1. The molecule has 20 heavy (non-hydrogen) atoms. The number of aromatic nitrogens is 1. The van der Waals surface area contributed by atoms with Gasteiger partial charge in [-0.15, -0.1) is 0 Å². The molecular formula is C16H13ClN2O. The zero-order chi connectivity index (χ0) is 13.9. The lowest BCUT2D eigenvalue weighted by Crippen LogP contribution is -1.94. The van der Waals surface area contributed by atoms with Crippen LogP contribution in [0.1, 0.15) is 0 Å². The molecule has 0 aliphatic heterocycles. The summed E-state index contributed by atoms with van der Waals surface area (Å²) in [5.74, 6) is 2.05. The Balaban J connectivity index is 2.04. The minimum atomic E-state index is 0.546. The summed E-state index contributed by atoms with van der Waals surface area (Å²) < 4.78 is 5.88. The molecule has 3 nitrogen and oxygen atoms in total. The van der Waals surface area contributed by atoms with Gasteiger partial charge in [-0.2, -0.15) is 4.98 Å². The van der Waals surface area contributed by atoms with Crippen LogP contribution in [0.4, 0.5) is 5.82 Å². The van der Waals surface area contributed by atoms with E-state index in [1.54, 1.807) is 0 Å². The summed E-state index contributed by atoms with van der Waals surface area (Å²) in [6, 6.07) is 17.2. The molecule has 0 atom stereocenters. The van der Waals surface area contributed by atoms with E-state index in [-0.39, 0.29) is 0 Å². The Morgan fingerprint density at radius 1 is 0.950 bits per heavy atom. The molecule has 1 heterocycles. The molecule has 0 aliphatic rings. The number of rotatable bonds is 3. The van der Waals surface area contributed by atoms with Gasteiger partial charge in [0.1, 0.15) is 11.6 Å². The third-order valence-electron chi connectivity index (χ3n) is 3.03. The van der Waals surface area contributed by atoms with E-state index in [0.717, 1.165) is 22.3 Å². The van der Waals surface area contributed by atoms with E-state index in [1.165, 1.54) is 0 Å². The van der Waals surface area contributed by atoms with Crippen molar-refractivity contribution in [3.05, 3.63) is 59.6 Å². The lowest BCUT2D eigenvalue weighted by Gasteiger charge is -2.10. The van der Waals surface area contributed by atoms with Crippen LogP contribution >= 0.6 is 11.6 Å². The minimum Gasteiger partial charge on any atom is -0.438 e. The molecule has 0 unspecified atom stereocenters. The Labute approximate surface area is 122 Å². The second-order valence-electron chi connectivity index (χ2n) is 4.30. The Morgan fingerprint density at radius 2 is 1.75 bits per heavy atom. The van der Waals surface area contributed by atoms with E-state index < -0.39 is 0 Å². The van der Waals surface area contributed by atoms with Gasteiger partial charge in [-0.25, -0.2) is 0 Å². The number of halogens is 1. The van der Waals surface area contributed by atoms with Crippen LogP contribution in [0.25, 0.3) is 10.8 Å². The van der Waals surface area contributed by atoms with Gasteiger partial charge in [0.25, 0.3) is 0 Å². The van der Waals surface area contributed by atoms with Crippen molar-refractivity contribution in [1.82, 2.24) is 4.98 Å². The lowest BCUT2D eigenvalue weighted by atomic mass is 10.1. The van der Waals surface area contributed by atoms with E-state index in [4.69, 9.17) is 16.3 Å². The maximum Gasteiger partial charge on any atom is 0.221 e. The molecule has 0 saturated carbocycles. The maximum atomic E-state index is 6.20. The van der Waals surface area contributed by atoms with Crippen LogP contribution in [0, 0.1) is 0 Å². The second-order valence-corrected chi connectivity index (χ2v) is 4.71. The molecule has 1 N–H and O–H groups in total. The van der Waals surface area contributed by atoms with Gasteiger partial charge < -0.3 is 10.1 Å². The highest BCUT2D eigenvalue weighted by molar-refractivity contribution is 6.35. The van der Waals surface area contributed by atoms with Gasteiger partial charge in [0.05, 0.1) is 0 Å². The van der Waals surface area contributed by atoms with Gasteiger partial charge in [0, 0.05) is 28.9 Å². The molecule has 3 rings (SSSR count). The quantitative estimate of drug-likeness (QED) is 0.755. The Bertz CT molecular complexity index is 758. The van der Waals surface area contributed by atoms with E-state index >= 15 is 0 Å². The summed E-state index contributed by atoms with van der Waals surface area (Å²) in [6.45, 7) is 0. The predicted octanol–water partition coefficient (Wildman–Crippen LogP) is 4.72. The van der Waals surface area contributed by atoms with E-state index in [0.29, 0.717) is 10.9 Å². The summed E-state index contributed by atoms with van der Waals surface area (Å²) in [5, 5.41) is 5.64. The van der Waals surface area contributed by atoms with Crippen molar-refractivity contribution >= 4 is 28.2 Å². The summed E-state index contributed by atoms with van der Waals surface area (Å²) in [4.78, 5) is 4.35. The van der Waals surface area contributed by atoms with Gasteiger partial charge >= 0.3 is 0 Å². The summed E-state index contributed by atoms with van der Waals surface area (Å²) in [6.07, 6.45) is 0. The number of nitrogens with zero attached hydrogens (tertiary/aromatic N) is 1. The molecule has 0 radical (unpaired) electrons. The molecule has 0 fully saturated rings. The smallest absolute Gasteiger partial charge is 0.221 e. The predicted molar refractivity (Wildman–Crippen MR) is 82.8 cm³/mol. The molecule has 2 aromatic carbocycles. The highest BCUT2D eigenvalue weighted by Gasteiger charge is 2.07. The second kappa shape index (κ2) is 5.39. The molecule has 0 spiro atoms. The largest absolute Gasteiger partial charge is 0.438 e. The van der Waals surface area contributed by atoms with Gasteiger partial charge in [-0.05, 0) is 18.2 Å². The highest BCUT2D eigenvalue weighted by atomic mass is 35.5. The SMILES string of the molecule is CNc1cccc(Oc2ccc(Cl)c3ccccc23)n1. The fourth-order valence-electron chi connectivity index (χ4n) is 2.05. The fourth-order valence-corrected chi connectivity index (χ4v) is 2.28. The number of nitrogens with one attached hydrogen (secondary N) is 1. The van der Waals surface area contributed by atoms with Crippen molar-refractivity contribution in [3.63, 3.8) is 0 Å². The molecule has 1 aromatic heterocycles. The number of benzene rings is 2. The standard InChI is InChI=1S/C16H13ClN2O/c1-18-15-7-4-8-16(19-15)20-14-10-9-13(17)11-5-2-3-6-12(11)14/h2-10H,1H3,(H,18,19). The van der Waals surface area contributed by atoms with Crippen LogP contribution in [0.2, 0.25) is 5.02 Å². The minimum absolute atomic E-state index is 0.546. The lowest BCUT2D eigenvalue weighted by molar-refractivity contribution is 0.469. The van der Waals surface area contributed by atoms with Crippen LogP contribution < -0.4 is 10.1 Å². The molecule has 0 amide bonds. The molecule has 4 heteroatoms. The highest BCUT2D eigenvalue weighted by Crippen LogP contribution is 2.33. The molecule has 0 bridgehead atoms. The van der Waals surface area contributed by atoms with Crippen LogP contribution in [0.3, 0.4) is 0 Å². The monoisotopic (exact) mass is 284 g/mol. The van der Waals surface area contributed by atoms with Crippen molar-refractivity contribution in [1.29, 1.82) is 0 Å². The first-order valence-corrected chi connectivity index (χ1v) is 6.65. The van der Waals surface area contributed by atoms with Gasteiger partial charge in [0.2, 0.25) is 5.88 Å². The molecule has 3 aromatic rings. The van der Waals surface area contributed by atoms with Crippen molar-refractivity contribution in [2.45, 2.75) is 0 Å². The van der Waals surface area contributed by atoms with Crippen LogP contribution in [-0.4, -0.2) is 12.0 Å². The zero-order valence-electron chi connectivity index (χ0n) is 10.9. The molecule has 0 saturated heterocycles. The normalized spacial score (nSPS) is 10.5. The average Bonchev–Trinajstić information content (AvgIpc) is 2.51. The first-order valence-electron chi connectivity index (χ1n) is 6.28. The van der Waals surface area contributed by atoms with Gasteiger partial charge in [-0.3, -0.25) is 0 Å². The summed E-state index contributed by atoms with van der Waals surface area (Å²) in [5.41, 5.74) is 0.